The summed E-state index contributed by atoms with van der Waals surface area (Å²) in [6, 6.07) is 31.8. The predicted molar refractivity (Wildman–Crippen MR) is 341 cm³/mol. The number of nitrogens with zero attached hydrogens (tertiary/aromatic N) is 16. The van der Waals surface area contributed by atoms with Crippen LogP contribution in [0.4, 0.5) is 49.6 Å². The number of nitriles is 3. The molecule has 3 saturated carbocycles. The van der Waals surface area contributed by atoms with Crippen LogP contribution in [-0.2, 0) is 45.6 Å². The van der Waals surface area contributed by atoms with Gasteiger partial charge in [0.2, 0.25) is 5.82 Å². The zero-order valence-corrected chi connectivity index (χ0v) is 52.5. The standard InChI is InChI=1S/C70H61F6N18O2/c1-65(2)16-19-90(36-65)32-43-22-51-53(55(24-43)69(71,72)73)34-92(63(51)95)59-28-45(49-20-41(30-78)4-6-47(49)61-87-80-39-89(61)3)26-58(84-59)86-68(12-13-68)15-18-82-94-40-81-88-62(94)48-7-5-42(31-79)21-50(48)46-27-57(85-67(10-11-67)14-17-77)83-60(29-46)93-35-54-52(64(93)96)23-44(25-56(54)70(74,75)76)33-91-37-66(38-91)8-9-66/h4-7,20-29,39-40H,8-16,19,32-38H2,1-3H3,(H,83,85)(H,84,86)/q+1. The number of carbonyl (C=O) groups excluding carboxylic acids is 2. The van der Waals surface area contributed by atoms with Crippen LogP contribution in [0.1, 0.15) is 137 Å². The molecule has 2 N–H and O–H groups in total. The Morgan fingerprint density at radius 3 is 1.55 bits per heavy atom. The van der Waals surface area contributed by atoms with Crippen LogP contribution in [-0.4, -0.2) is 98.5 Å². The van der Waals surface area contributed by atoms with Gasteiger partial charge in [0.15, 0.2) is 12.2 Å². The molecule has 484 valence electrons. The first-order chi connectivity index (χ1) is 45.9. The number of rotatable bonds is 16. The normalized spacial score (nSPS) is 18.4. The molecule has 2 saturated heterocycles. The summed E-state index contributed by atoms with van der Waals surface area (Å²) in [5.74, 6) is -0.0406. The van der Waals surface area contributed by atoms with Gasteiger partial charge in [0.1, 0.15) is 36.0 Å². The summed E-state index contributed by atoms with van der Waals surface area (Å²) in [7, 11) is 1.76. The molecule has 2 amide bonds. The Labute approximate surface area is 547 Å². The van der Waals surface area contributed by atoms with E-state index in [4.69, 9.17) is 14.9 Å². The fourth-order valence-electron chi connectivity index (χ4n) is 14.2. The van der Waals surface area contributed by atoms with Gasteiger partial charge in [-0.25, -0.2) is 9.97 Å². The molecule has 0 atom stereocenters. The number of nitrogens with one attached hydrogen (secondary N) is 2. The molecule has 0 bridgehead atoms. The molecule has 1 spiro atoms. The van der Waals surface area contributed by atoms with E-state index >= 15 is 26.3 Å². The number of hydrogen-bond acceptors (Lipinski definition) is 15. The minimum Gasteiger partial charge on any atom is -0.364 e. The van der Waals surface area contributed by atoms with E-state index in [9.17, 15) is 25.4 Å². The number of hydrogen-bond donors (Lipinski definition) is 2. The van der Waals surface area contributed by atoms with E-state index in [2.05, 4.69) is 79.0 Å². The van der Waals surface area contributed by atoms with Crippen LogP contribution in [0.25, 0.3) is 50.0 Å². The van der Waals surface area contributed by atoms with Crippen molar-refractivity contribution >= 4 is 35.1 Å². The van der Waals surface area contributed by atoms with Crippen molar-refractivity contribution in [2.24, 2.45) is 17.9 Å². The summed E-state index contributed by atoms with van der Waals surface area (Å²) in [5.41, 5.74) is 0.818. The molecular weight excluding hydrogens is 1240 g/mol. The van der Waals surface area contributed by atoms with Gasteiger partial charge in [-0.2, -0.15) is 42.1 Å². The lowest BCUT2D eigenvalue weighted by atomic mass is 9.93. The molecule has 20 nitrogen and oxygen atoms in total. The summed E-state index contributed by atoms with van der Waals surface area (Å²) < 4.78 is 93.6. The molecule has 4 aliphatic heterocycles. The van der Waals surface area contributed by atoms with E-state index in [0.29, 0.717) is 94.7 Å². The van der Waals surface area contributed by atoms with E-state index in [1.165, 1.54) is 27.1 Å². The van der Waals surface area contributed by atoms with Gasteiger partial charge in [-0.15, -0.1) is 20.4 Å². The molecule has 5 fully saturated rings. The number of anilines is 4. The van der Waals surface area contributed by atoms with Gasteiger partial charge in [0.05, 0.1) is 76.0 Å². The molecule has 8 heterocycles. The second-order valence-corrected chi connectivity index (χ2v) is 27.7. The number of alkyl halides is 6. The second-order valence-electron chi connectivity index (χ2n) is 27.7. The maximum Gasteiger partial charge on any atom is 0.416 e. The largest absolute Gasteiger partial charge is 0.416 e. The molecule has 4 aromatic heterocycles. The van der Waals surface area contributed by atoms with Gasteiger partial charge >= 0.3 is 18.4 Å². The van der Waals surface area contributed by atoms with Crippen LogP contribution in [0.3, 0.4) is 0 Å². The SMILES string of the molecule is Cn1cnnc1-c1ccc(C#N)cc1-c1cc(NC2(CC#[N+]n3cnnc3-c3ccc(C#N)cc3-c3cc(NC4(CC#N)CC4)nc(N4Cc5c(cc(CN6CC7(CC7)C6)cc5C(F)(F)F)C4=O)c3)CC2)nc(N2Cc3c(cc(CN4CCC(C)(C)C4)cc3C(F)(F)F)C2=O)c1. The third kappa shape index (κ3) is 11.7. The Kier molecular flexibility index (Phi) is 14.5. The Morgan fingerprint density at radius 1 is 0.573 bits per heavy atom. The van der Waals surface area contributed by atoms with Crippen molar-refractivity contribution in [2.45, 2.75) is 121 Å². The average molecular weight is 1300 g/mol. The monoisotopic (exact) mass is 1300 g/mol. The van der Waals surface area contributed by atoms with E-state index < -0.39 is 59.5 Å². The number of amides is 2. The first kappa shape index (κ1) is 61.6. The lowest BCUT2D eigenvalue weighted by Gasteiger charge is -2.40. The zero-order valence-electron chi connectivity index (χ0n) is 52.5. The highest BCUT2D eigenvalue weighted by Gasteiger charge is 2.52. The molecule has 15 rings (SSSR count). The zero-order chi connectivity index (χ0) is 66.8. The molecule has 96 heavy (non-hydrogen) atoms. The van der Waals surface area contributed by atoms with Crippen molar-refractivity contribution < 1.29 is 35.9 Å². The number of benzene rings is 4. The number of halogens is 6. The minimum absolute atomic E-state index is 0.00429. The highest BCUT2D eigenvalue weighted by Crippen LogP contribution is 2.54. The van der Waals surface area contributed by atoms with Crippen LogP contribution in [0, 0.1) is 50.9 Å². The van der Waals surface area contributed by atoms with Crippen molar-refractivity contribution in [1.29, 1.82) is 15.8 Å². The number of pyridine rings is 2. The molecule has 7 aliphatic rings. The molecule has 3 aliphatic carbocycles. The molecule has 26 heteroatoms. The minimum atomic E-state index is -4.77. The summed E-state index contributed by atoms with van der Waals surface area (Å²) in [6.45, 7) is 6.93. The van der Waals surface area contributed by atoms with E-state index in [1.54, 1.807) is 84.4 Å². The predicted octanol–water partition coefficient (Wildman–Crippen LogP) is 12.8. The van der Waals surface area contributed by atoms with Crippen molar-refractivity contribution in [3.63, 3.8) is 0 Å². The lowest BCUT2D eigenvalue weighted by Crippen LogP contribution is -2.47. The van der Waals surface area contributed by atoms with Gasteiger partial charge in [-0.1, -0.05) is 13.8 Å². The quantitative estimate of drug-likeness (QED) is 0.0856. The summed E-state index contributed by atoms with van der Waals surface area (Å²) in [4.78, 5) is 50.6. The molecule has 8 aromatic rings. The van der Waals surface area contributed by atoms with Crippen molar-refractivity contribution in [1.82, 2.24) is 49.4 Å². The molecular formula is C70H61F6N18O2+. The number of carbonyl (C=O) groups is 2. The van der Waals surface area contributed by atoms with Crippen LogP contribution in [0.5, 0.6) is 0 Å². The molecule has 4 aromatic carbocycles. The first-order valence-electron chi connectivity index (χ1n) is 31.7. The first-order valence-corrected chi connectivity index (χ1v) is 31.7. The summed E-state index contributed by atoms with van der Waals surface area (Å²) >= 11 is 0. The van der Waals surface area contributed by atoms with Crippen LogP contribution in [0.15, 0.2) is 97.6 Å². The Hall–Kier alpha value is -10.5. The maximum atomic E-state index is 15.1. The third-order valence-corrected chi connectivity index (χ3v) is 19.8. The highest BCUT2D eigenvalue weighted by molar-refractivity contribution is 6.11. The van der Waals surface area contributed by atoms with E-state index in [0.717, 1.165) is 44.5 Å². The molecule has 0 radical (unpaired) electrons. The number of aromatic nitrogens is 8. The number of likely N-dealkylation sites (tertiary alicyclic amines) is 2. The Bertz CT molecular complexity index is 4790. The fourth-order valence-corrected chi connectivity index (χ4v) is 14.2. The van der Waals surface area contributed by atoms with Crippen LogP contribution >= 0.6 is 0 Å². The van der Waals surface area contributed by atoms with Gasteiger partial charge in [-0.3, -0.25) is 29.2 Å². The van der Waals surface area contributed by atoms with Gasteiger partial charge in [0.25, 0.3) is 11.8 Å². The lowest BCUT2D eigenvalue weighted by molar-refractivity contribution is -0.139. The number of fused-ring (bicyclic) bond motifs is 2. The van der Waals surface area contributed by atoms with Crippen molar-refractivity contribution in [3.05, 3.63) is 158 Å². The fraction of sp³-hybridized carbons (Fsp3) is 0.371. The van der Waals surface area contributed by atoms with Crippen molar-refractivity contribution in [3.8, 4) is 69.3 Å². The van der Waals surface area contributed by atoms with Crippen LogP contribution < -0.4 is 20.4 Å². The molecule has 0 unspecified atom stereocenters. The topological polar surface area (TPSA) is 234 Å². The summed E-state index contributed by atoms with van der Waals surface area (Å²) in [5, 5.41) is 54.4. The van der Waals surface area contributed by atoms with Gasteiger partial charge in [0, 0.05) is 66.7 Å². The Morgan fingerprint density at radius 2 is 1.08 bits per heavy atom. The number of aryl methyl sites for hydroxylation is 1. The smallest absolute Gasteiger partial charge is 0.364 e. The van der Waals surface area contributed by atoms with Crippen molar-refractivity contribution in [2.75, 3.05) is 46.6 Å². The third-order valence-electron chi connectivity index (χ3n) is 19.8. The Balaban J connectivity index is 0.754. The highest BCUT2D eigenvalue weighted by atomic mass is 19.4. The second kappa shape index (κ2) is 22.6. The van der Waals surface area contributed by atoms with Gasteiger partial charge in [-0.05, 0) is 192 Å². The maximum absolute atomic E-state index is 15.1. The van der Waals surface area contributed by atoms with Gasteiger partial charge < -0.3 is 15.2 Å². The van der Waals surface area contributed by atoms with Crippen LogP contribution in [0.2, 0.25) is 0 Å². The van der Waals surface area contributed by atoms with E-state index in [1.807, 2.05) is 0 Å². The average Bonchev–Trinajstić information content (AvgIpc) is 1.62. The van der Waals surface area contributed by atoms with E-state index in [-0.39, 0.29) is 93.7 Å². The summed E-state index contributed by atoms with van der Waals surface area (Å²) in [6.07, 6.45) is -0.763.